The molecule has 0 radical (unpaired) electrons. The maximum absolute atomic E-state index is 12.0. The van der Waals surface area contributed by atoms with Gasteiger partial charge in [0.05, 0.1) is 0 Å². The van der Waals surface area contributed by atoms with Crippen molar-refractivity contribution in [2.75, 3.05) is 19.4 Å². The van der Waals surface area contributed by atoms with Crippen LogP contribution in [0.4, 0.5) is 10.6 Å². The second kappa shape index (κ2) is 7.05. The van der Waals surface area contributed by atoms with Crippen LogP contribution in [0.1, 0.15) is 11.1 Å². The van der Waals surface area contributed by atoms with Crippen LogP contribution in [0, 0.1) is 0 Å². The standard InChI is InChI=1S/C16H18N6O2/c1-22(2)10-12-5-6-17-15(8-12)19-16(23)18-9-11-3-4-13-14(7-11)21-24-20-13/h3-8H,9-10H2,1-2H3,(H2,17,18,19,23). The second-order valence-electron chi connectivity index (χ2n) is 5.68. The van der Waals surface area contributed by atoms with Crippen LogP contribution in [-0.2, 0) is 13.1 Å². The van der Waals surface area contributed by atoms with Crippen molar-refractivity contribution in [2.24, 2.45) is 0 Å². The van der Waals surface area contributed by atoms with Crippen molar-refractivity contribution in [3.8, 4) is 0 Å². The number of anilines is 1. The van der Waals surface area contributed by atoms with Crippen LogP contribution in [0.15, 0.2) is 41.2 Å². The molecule has 0 fully saturated rings. The number of carbonyl (C=O) groups excluding carboxylic acids is 1. The maximum Gasteiger partial charge on any atom is 0.320 e. The van der Waals surface area contributed by atoms with Crippen LogP contribution < -0.4 is 10.6 Å². The van der Waals surface area contributed by atoms with Gasteiger partial charge in [0.2, 0.25) is 0 Å². The van der Waals surface area contributed by atoms with Crippen LogP contribution in [-0.4, -0.2) is 40.3 Å². The number of nitrogens with zero attached hydrogens (tertiary/aromatic N) is 4. The maximum atomic E-state index is 12.0. The Hall–Kier alpha value is -3.00. The molecule has 2 aromatic heterocycles. The monoisotopic (exact) mass is 326 g/mol. The van der Waals surface area contributed by atoms with E-state index in [0.29, 0.717) is 23.4 Å². The Morgan fingerprint density at radius 1 is 1.12 bits per heavy atom. The van der Waals surface area contributed by atoms with Gasteiger partial charge in [-0.05, 0) is 59.8 Å². The van der Waals surface area contributed by atoms with Crippen molar-refractivity contribution in [2.45, 2.75) is 13.1 Å². The van der Waals surface area contributed by atoms with Crippen molar-refractivity contribution in [1.29, 1.82) is 0 Å². The molecule has 0 bridgehead atoms. The van der Waals surface area contributed by atoms with Gasteiger partial charge < -0.3 is 10.2 Å². The predicted octanol–water partition coefficient (Wildman–Crippen LogP) is 2.00. The number of benzene rings is 1. The van der Waals surface area contributed by atoms with E-state index in [2.05, 4.69) is 30.6 Å². The highest BCUT2D eigenvalue weighted by Gasteiger charge is 2.06. The number of carbonyl (C=O) groups is 1. The molecule has 24 heavy (non-hydrogen) atoms. The number of hydrogen-bond acceptors (Lipinski definition) is 6. The summed E-state index contributed by atoms with van der Waals surface area (Å²) in [6.07, 6.45) is 1.68. The van der Waals surface area contributed by atoms with E-state index in [-0.39, 0.29) is 6.03 Å². The Morgan fingerprint density at radius 3 is 2.79 bits per heavy atom. The number of amides is 2. The molecule has 2 amide bonds. The highest BCUT2D eigenvalue weighted by molar-refractivity contribution is 5.88. The number of pyridine rings is 1. The summed E-state index contributed by atoms with van der Waals surface area (Å²) in [5.41, 5.74) is 3.33. The zero-order valence-electron chi connectivity index (χ0n) is 13.5. The second-order valence-corrected chi connectivity index (χ2v) is 5.68. The third-order valence-electron chi connectivity index (χ3n) is 3.34. The Morgan fingerprint density at radius 2 is 1.96 bits per heavy atom. The topological polar surface area (TPSA) is 96.2 Å². The first-order valence-electron chi connectivity index (χ1n) is 7.46. The predicted molar refractivity (Wildman–Crippen MR) is 89.3 cm³/mol. The molecule has 1 aromatic carbocycles. The molecule has 0 spiro atoms. The largest absolute Gasteiger partial charge is 0.334 e. The fourth-order valence-corrected chi connectivity index (χ4v) is 2.29. The molecule has 3 rings (SSSR count). The van der Waals surface area contributed by atoms with E-state index in [1.165, 1.54) is 0 Å². The minimum atomic E-state index is -0.317. The lowest BCUT2D eigenvalue weighted by Crippen LogP contribution is -2.28. The van der Waals surface area contributed by atoms with E-state index in [4.69, 9.17) is 0 Å². The lowest BCUT2D eigenvalue weighted by Gasteiger charge is -2.11. The normalized spacial score (nSPS) is 11.0. The van der Waals surface area contributed by atoms with E-state index in [0.717, 1.165) is 17.7 Å². The van der Waals surface area contributed by atoms with Gasteiger partial charge in [-0.3, -0.25) is 5.32 Å². The molecule has 0 saturated heterocycles. The zero-order valence-corrected chi connectivity index (χ0v) is 13.5. The summed E-state index contributed by atoms with van der Waals surface area (Å²) in [5, 5.41) is 13.0. The van der Waals surface area contributed by atoms with E-state index in [9.17, 15) is 4.79 Å². The summed E-state index contributed by atoms with van der Waals surface area (Å²) in [7, 11) is 3.98. The summed E-state index contributed by atoms with van der Waals surface area (Å²) in [4.78, 5) is 18.2. The van der Waals surface area contributed by atoms with Gasteiger partial charge in [0.1, 0.15) is 16.9 Å². The number of nitrogens with one attached hydrogen (secondary N) is 2. The average Bonchev–Trinajstić information content (AvgIpc) is 3.00. The van der Waals surface area contributed by atoms with Gasteiger partial charge >= 0.3 is 6.03 Å². The van der Waals surface area contributed by atoms with E-state index in [1.807, 2.05) is 43.3 Å². The smallest absolute Gasteiger partial charge is 0.320 e. The van der Waals surface area contributed by atoms with Crippen LogP contribution in [0.2, 0.25) is 0 Å². The summed E-state index contributed by atoms with van der Waals surface area (Å²) < 4.78 is 4.65. The Balaban J connectivity index is 1.57. The molecule has 8 nitrogen and oxygen atoms in total. The van der Waals surface area contributed by atoms with E-state index in [1.54, 1.807) is 12.3 Å². The van der Waals surface area contributed by atoms with Gasteiger partial charge in [-0.2, -0.15) is 0 Å². The number of urea groups is 1. The number of hydrogen-bond donors (Lipinski definition) is 2. The zero-order chi connectivity index (χ0) is 16.9. The molecule has 3 aromatic rings. The van der Waals surface area contributed by atoms with Gasteiger partial charge in [0, 0.05) is 19.3 Å². The molecule has 2 N–H and O–H groups in total. The number of rotatable bonds is 5. The Labute approximate surface area is 138 Å². The first kappa shape index (κ1) is 15.9. The number of fused-ring (bicyclic) bond motifs is 1. The van der Waals surface area contributed by atoms with Crippen LogP contribution in [0.25, 0.3) is 11.0 Å². The summed E-state index contributed by atoms with van der Waals surface area (Å²) in [6.45, 7) is 1.15. The molecule has 0 aliphatic carbocycles. The van der Waals surface area contributed by atoms with E-state index < -0.39 is 0 Å². The van der Waals surface area contributed by atoms with Crippen molar-refractivity contribution < 1.29 is 9.42 Å². The van der Waals surface area contributed by atoms with Crippen LogP contribution in [0.3, 0.4) is 0 Å². The summed E-state index contributed by atoms with van der Waals surface area (Å²) in [5.74, 6) is 0.517. The summed E-state index contributed by atoms with van der Waals surface area (Å²) >= 11 is 0. The van der Waals surface area contributed by atoms with Crippen molar-refractivity contribution in [3.05, 3.63) is 47.7 Å². The Kier molecular flexibility index (Phi) is 4.66. The lowest BCUT2D eigenvalue weighted by molar-refractivity contribution is 0.251. The van der Waals surface area contributed by atoms with Crippen LogP contribution in [0.5, 0.6) is 0 Å². The lowest BCUT2D eigenvalue weighted by atomic mass is 10.2. The average molecular weight is 326 g/mol. The molecule has 124 valence electrons. The minimum Gasteiger partial charge on any atom is -0.334 e. The quantitative estimate of drug-likeness (QED) is 0.744. The number of aromatic nitrogens is 3. The fourth-order valence-electron chi connectivity index (χ4n) is 2.29. The molecule has 2 heterocycles. The SMILES string of the molecule is CN(C)Cc1ccnc(NC(=O)NCc2ccc3nonc3c2)c1. The van der Waals surface area contributed by atoms with Crippen LogP contribution >= 0.6 is 0 Å². The first-order chi connectivity index (χ1) is 11.6. The molecule has 0 atom stereocenters. The molecule has 0 unspecified atom stereocenters. The van der Waals surface area contributed by atoms with Crippen molar-refractivity contribution in [3.63, 3.8) is 0 Å². The Bertz CT molecular complexity index is 845. The van der Waals surface area contributed by atoms with Gasteiger partial charge in [-0.1, -0.05) is 6.07 Å². The third kappa shape index (κ3) is 4.05. The van der Waals surface area contributed by atoms with Gasteiger partial charge in [-0.25, -0.2) is 14.4 Å². The first-order valence-corrected chi connectivity index (χ1v) is 7.46. The molecule has 0 aliphatic rings. The molecule has 8 heteroatoms. The van der Waals surface area contributed by atoms with Gasteiger partial charge in [-0.15, -0.1) is 0 Å². The van der Waals surface area contributed by atoms with E-state index >= 15 is 0 Å². The molecule has 0 aliphatic heterocycles. The highest BCUT2D eigenvalue weighted by Crippen LogP contribution is 2.12. The van der Waals surface area contributed by atoms with Crippen molar-refractivity contribution >= 4 is 22.9 Å². The molecular weight excluding hydrogens is 308 g/mol. The van der Waals surface area contributed by atoms with Gasteiger partial charge in [0.25, 0.3) is 0 Å². The minimum absolute atomic E-state index is 0.317. The summed E-state index contributed by atoms with van der Waals surface area (Å²) in [6, 6.07) is 8.94. The van der Waals surface area contributed by atoms with Gasteiger partial charge in [0.15, 0.2) is 0 Å². The van der Waals surface area contributed by atoms with Crippen molar-refractivity contribution in [1.82, 2.24) is 25.5 Å². The highest BCUT2D eigenvalue weighted by atomic mass is 16.6. The third-order valence-corrected chi connectivity index (χ3v) is 3.34. The molecular formula is C16H18N6O2. The fraction of sp³-hybridized carbons (Fsp3) is 0.250. The molecule has 0 saturated carbocycles.